The molecule has 0 atom stereocenters. The number of hydrogen-bond donors (Lipinski definition) is 2. The summed E-state index contributed by atoms with van der Waals surface area (Å²) in [5, 5.41) is 13.6. The molecule has 0 spiro atoms. The maximum atomic E-state index is 12.0. The van der Waals surface area contributed by atoms with Gasteiger partial charge in [0, 0.05) is 0 Å². The van der Waals surface area contributed by atoms with E-state index in [0.29, 0.717) is 23.7 Å². The van der Waals surface area contributed by atoms with E-state index in [9.17, 15) is 9.90 Å². The van der Waals surface area contributed by atoms with Gasteiger partial charge in [-0.05, 0) is 65.6 Å². The third kappa shape index (κ3) is 7.96. The Morgan fingerprint density at radius 2 is 1.74 bits per heavy atom. The van der Waals surface area contributed by atoms with Crippen molar-refractivity contribution in [3.63, 3.8) is 0 Å². The number of carbonyl (C=O) groups is 1. The van der Waals surface area contributed by atoms with Crippen molar-refractivity contribution in [3.8, 4) is 17.2 Å². The van der Waals surface area contributed by atoms with Crippen molar-refractivity contribution >= 4 is 12.1 Å². The van der Waals surface area contributed by atoms with E-state index in [1.807, 2.05) is 19.1 Å². The molecule has 0 heterocycles. The molecule has 0 aliphatic carbocycles. The van der Waals surface area contributed by atoms with Gasteiger partial charge < -0.3 is 14.6 Å². The highest BCUT2D eigenvalue weighted by atomic mass is 16.5. The Morgan fingerprint density at radius 3 is 2.35 bits per heavy atom. The van der Waals surface area contributed by atoms with Crippen LogP contribution in [-0.2, 0) is 10.2 Å². The summed E-state index contributed by atoms with van der Waals surface area (Å²) in [4.78, 5) is 12.0. The number of phenolic OH excluding ortho intramolecular Hbond substituents is 1. The number of benzene rings is 2. The van der Waals surface area contributed by atoms with Crippen LogP contribution >= 0.6 is 0 Å². The molecular weight excluding hydrogens is 392 g/mol. The second-order valence-corrected chi connectivity index (χ2v) is 9.39. The summed E-state index contributed by atoms with van der Waals surface area (Å²) < 4.78 is 10.9. The van der Waals surface area contributed by atoms with Gasteiger partial charge in [-0.15, -0.1) is 0 Å². The number of carbonyl (C=O) groups excluding carboxylic acids is 1. The number of hydrazone groups is 1. The lowest BCUT2D eigenvalue weighted by Crippen LogP contribution is -2.25. The van der Waals surface area contributed by atoms with E-state index in [0.717, 1.165) is 6.42 Å². The summed E-state index contributed by atoms with van der Waals surface area (Å²) >= 11 is 0. The van der Waals surface area contributed by atoms with Gasteiger partial charge in [0.15, 0.2) is 18.1 Å². The predicted molar refractivity (Wildman–Crippen MR) is 124 cm³/mol. The lowest BCUT2D eigenvalue weighted by molar-refractivity contribution is -0.123. The zero-order valence-electron chi connectivity index (χ0n) is 19.4. The SMILES string of the molecule is CCOc1cc(/C=N/NC(=O)COc2ccc(C(C)(C)CC(C)(C)C)cc2)ccc1O. The fourth-order valence-corrected chi connectivity index (χ4v) is 3.67. The van der Waals surface area contributed by atoms with Crippen LogP contribution in [-0.4, -0.2) is 30.4 Å². The molecule has 168 valence electrons. The van der Waals surface area contributed by atoms with Crippen molar-refractivity contribution in [3.05, 3.63) is 53.6 Å². The highest BCUT2D eigenvalue weighted by Gasteiger charge is 2.27. The molecule has 31 heavy (non-hydrogen) atoms. The molecule has 0 aromatic heterocycles. The van der Waals surface area contributed by atoms with Crippen molar-refractivity contribution in [1.29, 1.82) is 0 Å². The first-order chi connectivity index (χ1) is 14.5. The van der Waals surface area contributed by atoms with Gasteiger partial charge in [0.25, 0.3) is 5.91 Å². The van der Waals surface area contributed by atoms with Gasteiger partial charge in [-0.1, -0.05) is 46.8 Å². The lowest BCUT2D eigenvalue weighted by Gasteiger charge is -2.33. The molecule has 1 amide bonds. The van der Waals surface area contributed by atoms with Crippen LogP contribution in [0, 0.1) is 5.41 Å². The Hall–Kier alpha value is -3.02. The summed E-state index contributed by atoms with van der Waals surface area (Å²) in [5.41, 5.74) is 4.65. The quantitative estimate of drug-likeness (QED) is 0.435. The van der Waals surface area contributed by atoms with E-state index in [1.165, 1.54) is 17.8 Å². The maximum absolute atomic E-state index is 12.0. The molecule has 0 unspecified atom stereocenters. The van der Waals surface area contributed by atoms with Crippen LogP contribution in [0.5, 0.6) is 17.2 Å². The van der Waals surface area contributed by atoms with Crippen LogP contribution in [0.2, 0.25) is 0 Å². The van der Waals surface area contributed by atoms with Crippen LogP contribution in [0.4, 0.5) is 0 Å². The molecule has 2 N–H and O–H groups in total. The van der Waals surface area contributed by atoms with Gasteiger partial charge in [0.05, 0.1) is 12.8 Å². The predicted octanol–water partition coefficient (Wildman–Crippen LogP) is 5.03. The molecule has 6 heteroatoms. The summed E-state index contributed by atoms with van der Waals surface area (Å²) in [6.07, 6.45) is 2.54. The van der Waals surface area contributed by atoms with Crippen molar-refractivity contribution in [2.45, 2.75) is 53.4 Å². The molecule has 0 aliphatic rings. The fraction of sp³-hybridized carbons (Fsp3) is 0.440. The highest BCUT2D eigenvalue weighted by Crippen LogP contribution is 2.36. The van der Waals surface area contributed by atoms with E-state index < -0.39 is 0 Å². The van der Waals surface area contributed by atoms with Crippen molar-refractivity contribution in [2.75, 3.05) is 13.2 Å². The van der Waals surface area contributed by atoms with Crippen molar-refractivity contribution < 1.29 is 19.4 Å². The molecule has 2 aromatic carbocycles. The van der Waals surface area contributed by atoms with E-state index in [1.54, 1.807) is 12.1 Å². The summed E-state index contributed by atoms with van der Waals surface area (Å²) in [6.45, 7) is 13.3. The van der Waals surface area contributed by atoms with Crippen LogP contribution in [0.1, 0.15) is 59.1 Å². The molecule has 0 radical (unpaired) electrons. The van der Waals surface area contributed by atoms with Crippen molar-refractivity contribution in [1.82, 2.24) is 5.43 Å². The summed E-state index contributed by atoms with van der Waals surface area (Å²) in [7, 11) is 0. The minimum Gasteiger partial charge on any atom is -0.504 e. The molecule has 0 saturated carbocycles. The van der Waals surface area contributed by atoms with Gasteiger partial charge in [0.2, 0.25) is 0 Å². The molecular formula is C25H34N2O4. The number of aromatic hydroxyl groups is 1. The molecule has 0 saturated heterocycles. The number of nitrogens with zero attached hydrogens (tertiary/aromatic N) is 1. The van der Waals surface area contributed by atoms with Gasteiger partial charge in [-0.2, -0.15) is 5.10 Å². The number of ether oxygens (including phenoxy) is 2. The first-order valence-electron chi connectivity index (χ1n) is 10.5. The first-order valence-corrected chi connectivity index (χ1v) is 10.5. The molecule has 0 aliphatic heterocycles. The van der Waals surface area contributed by atoms with Crippen LogP contribution < -0.4 is 14.9 Å². The van der Waals surface area contributed by atoms with Gasteiger partial charge in [0.1, 0.15) is 5.75 Å². The zero-order valence-corrected chi connectivity index (χ0v) is 19.4. The standard InChI is InChI=1S/C25H34N2O4/c1-7-30-22-14-18(8-13-21(22)28)15-26-27-23(29)16-31-20-11-9-19(10-12-20)25(5,6)17-24(2,3)4/h8-15,28H,7,16-17H2,1-6H3,(H,27,29)/b26-15+. The molecule has 2 rings (SSSR count). The lowest BCUT2D eigenvalue weighted by atomic mass is 9.72. The smallest absolute Gasteiger partial charge is 0.277 e. The van der Waals surface area contributed by atoms with E-state index in [-0.39, 0.29) is 29.1 Å². The minimum atomic E-state index is -0.364. The Balaban J connectivity index is 1.86. The number of rotatable bonds is 9. The second kappa shape index (κ2) is 10.3. The van der Waals surface area contributed by atoms with Gasteiger partial charge in [-0.25, -0.2) is 5.43 Å². The van der Waals surface area contributed by atoms with E-state index >= 15 is 0 Å². The number of amides is 1. The second-order valence-electron chi connectivity index (χ2n) is 9.39. The Morgan fingerprint density at radius 1 is 1.06 bits per heavy atom. The Bertz CT molecular complexity index is 897. The largest absolute Gasteiger partial charge is 0.504 e. The summed E-state index contributed by atoms with van der Waals surface area (Å²) in [6, 6.07) is 12.7. The molecule has 0 fully saturated rings. The number of phenols is 1. The van der Waals surface area contributed by atoms with E-state index in [2.05, 4.69) is 57.3 Å². The third-order valence-corrected chi connectivity index (χ3v) is 4.66. The van der Waals surface area contributed by atoms with Crippen LogP contribution in [0.3, 0.4) is 0 Å². The third-order valence-electron chi connectivity index (χ3n) is 4.66. The average molecular weight is 427 g/mol. The maximum Gasteiger partial charge on any atom is 0.277 e. The van der Waals surface area contributed by atoms with Crippen molar-refractivity contribution in [2.24, 2.45) is 10.5 Å². The zero-order chi connectivity index (χ0) is 23.1. The average Bonchev–Trinajstić information content (AvgIpc) is 2.67. The van der Waals surface area contributed by atoms with Gasteiger partial charge >= 0.3 is 0 Å². The van der Waals surface area contributed by atoms with Gasteiger partial charge in [-0.3, -0.25) is 4.79 Å². The van der Waals surface area contributed by atoms with E-state index in [4.69, 9.17) is 9.47 Å². The topological polar surface area (TPSA) is 80.2 Å². The molecule has 6 nitrogen and oxygen atoms in total. The summed E-state index contributed by atoms with van der Waals surface area (Å²) in [5.74, 6) is 0.700. The minimum absolute atomic E-state index is 0.0547. The van der Waals surface area contributed by atoms with Crippen LogP contribution in [0.15, 0.2) is 47.6 Å². The Labute approximate surface area is 185 Å². The first kappa shape index (κ1) is 24.3. The molecule has 0 bridgehead atoms. The molecule has 2 aromatic rings. The van der Waals surface area contributed by atoms with Crippen LogP contribution in [0.25, 0.3) is 0 Å². The normalized spacial score (nSPS) is 12.1. The monoisotopic (exact) mass is 426 g/mol. The fourth-order valence-electron chi connectivity index (χ4n) is 3.67. The number of hydrogen-bond acceptors (Lipinski definition) is 5. The highest BCUT2D eigenvalue weighted by molar-refractivity contribution is 5.83. The Kier molecular flexibility index (Phi) is 8.08. The number of nitrogens with one attached hydrogen (secondary N) is 1.